The molecule has 0 spiro atoms. The van der Waals surface area contributed by atoms with Crippen LogP contribution in [0.2, 0.25) is 0 Å². The molecule has 1 fully saturated rings. The number of ether oxygens (including phenoxy) is 1. The third kappa shape index (κ3) is 3.98. The third-order valence-corrected chi connectivity index (χ3v) is 7.02. The van der Waals surface area contributed by atoms with E-state index in [4.69, 9.17) is 9.72 Å². The number of aromatic nitrogens is 1. The molecule has 1 N–H and O–H groups in total. The van der Waals surface area contributed by atoms with E-state index in [2.05, 4.69) is 0 Å². The number of fused-ring (bicyclic) bond motifs is 1. The highest BCUT2D eigenvalue weighted by Gasteiger charge is 2.48. The van der Waals surface area contributed by atoms with Crippen molar-refractivity contribution < 1.29 is 19.4 Å². The zero-order chi connectivity index (χ0) is 24.7. The molecule has 0 aliphatic carbocycles. The molecule has 0 bridgehead atoms. The van der Waals surface area contributed by atoms with Gasteiger partial charge in [0.2, 0.25) is 0 Å². The third-order valence-electron chi connectivity index (χ3n) is 6.02. The summed E-state index contributed by atoms with van der Waals surface area (Å²) in [5, 5.41) is 11.6. The summed E-state index contributed by atoms with van der Waals surface area (Å²) < 4.78 is 6.50. The van der Waals surface area contributed by atoms with Crippen LogP contribution in [0.15, 0.2) is 72.3 Å². The minimum atomic E-state index is -0.826. The molecule has 1 aliphatic heterocycles. The molecule has 6 nitrogen and oxygen atoms in total. The van der Waals surface area contributed by atoms with Gasteiger partial charge in [0, 0.05) is 5.56 Å². The van der Waals surface area contributed by atoms with Gasteiger partial charge in [-0.05, 0) is 55.7 Å². The van der Waals surface area contributed by atoms with Gasteiger partial charge in [0.1, 0.15) is 11.5 Å². The van der Waals surface area contributed by atoms with E-state index in [1.165, 1.54) is 16.2 Å². The molecule has 3 aromatic carbocycles. The lowest BCUT2D eigenvalue weighted by Crippen LogP contribution is -2.29. The predicted molar refractivity (Wildman–Crippen MR) is 138 cm³/mol. The number of rotatable bonds is 5. The van der Waals surface area contributed by atoms with Crippen LogP contribution in [0.25, 0.3) is 16.0 Å². The molecule has 1 amide bonds. The van der Waals surface area contributed by atoms with Crippen LogP contribution in [0.4, 0.5) is 5.13 Å². The smallest absolute Gasteiger partial charge is 0.301 e. The topological polar surface area (TPSA) is 79.7 Å². The Morgan fingerprint density at radius 2 is 1.77 bits per heavy atom. The van der Waals surface area contributed by atoms with Crippen LogP contribution in [0.3, 0.4) is 0 Å². The molecule has 1 atom stereocenters. The van der Waals surface area contributed by atoms with E-state index in [9.17, 15) is 14.7 Å². The second kappa shape index (κ2) is 9.00. The Bertz CT molecular complexity index is 1470. The van der Waals surface area contributed by atoms with Crippen LogP contribution in [0.5, 0.6) is 5.75 Å². The van der Waals surface area contributed by atoms with Crippen molar-refractivity contribution in [3.63, 3.8) is 0 Å². The molecule has 2 heterocycles. The highest BCUT2D eigenvalue weighted by atomic mass is 32.1. The molecule has 35 heavy (non-hydrogen) atoms. The van der Waals surface area contributed by atoms with Crippen LogP contribution in [-0.2, 0) is 9.59 Å². The molecular formula is C28H24N2O4S. The lowest BCUT2D eigenvalue weighted by atomic mass is 9.95. The summed E-state index contributed by atoms with van der Waals surface area (Å²) in [6, 6.07) is 19.3. The maximum Gasteiger partial charge on any atom is 0.301 e. The summed E-state index contributed by atoms with van der Waals surface area (Å²) in [5.74, 6) is -0.979. The quantitative estimate of drug-likeness (QED) is 0.215. The molecule has 1 aliphatic rings. The molecule has 1 aromatic heterocycles. The number of aliphatic hydroxyl groups excluding tert-OH is 1. The van der Waals surface area contributed by atoms with Gasteiger partial charge in [-0.15, -0.1) is 0 Å². The minimum absolute atomic E-state index is 0.0394. The zero-order valence-corrected chi connectivity index (χ0v) is 20.4. The van der Waals surface area contributed by atoms with Gasteiger partial charge in [-0.2, -0.15) is 0 Å². The normalized spacial score (nSPS) is 17.3. The summed E-state index contributed by atoms with van der Waals surface area (Å²) in [4.78, 5) is 32.9. The van der Waals surface area contributed by atoms with Gasteiger partial charge in [-0.25, -0.2) is 4.98 Å². The van der Waals surface area contributed by atoms with Crippen LogP contribution in [-0.4, -0.2) is 28.4 Å². The number of aliphatic hydroxyl groups is 1. The van der Waals surface area contributed by atoms with Gasteiger partial charge in [-0.1, -0.05) is 59.9 Å². The number of nitrogens with zero attached hydrogens (tertiary/aromatic N) is 2. The summed E-state index contributed by atoms with van der Waals surface area (Å²) in [6.45, 7) is 6.42. The summed E-state index contributed by atoms with van der Waals surface area (Å²) in [7, 11) is 0. The predicted octanol–water partition coefficient (Wildman–Crippen LogP) is 5.94. The summed E-state index contributed by atoms with van der Waals surface area (Å²) >= 11 is 1.36. The second-order valence-electron chi connectivity index (χ2n) is 8.46. The fourth-order valence-electron chi connectivity index (χ4n) is 4.47. The highest BCUT2D eigenvalue weighted by molar-refractivity contribution is 7.22. The maximum absolute atomic E-state index is 13.4. The molecule has 7 heteroatoms. The number of anilines is 1. The molecule has 0 unspecified atom stereocenters. The number of Topliss-reactive ketones (excluding diaryl/α,β-unsaturated/α-hetero) is 1. The van der Waals surface area contributed by atoms with E-state index in [-0.39, 0.29) is 11.3 Å². The van der Waals surface area contributed by atoms with Crippen molar-refractivity contribution in [2.45, 2.75) is 26.8 Å². The van der Waals surface area contributed by atoms with E-state index in [1.807, 2.05) is 51.1 Å². The molecule has 1 saturated heterocycles. The number of benzene rings is 3. The first-order valence-corrected chi connectivity index (χ1v) is 12.2. The Hall–Kier alpha value is -3.97. The number of hydrogen-bond acceptors (Lipinski definition) is 6. The van der Waals surface area contributed by atoms with Crippen molar-refractivity contribution in [3.05, 3.63) is 94.6 Å². The summed E-state index contributed by atoms with van der Waals surface area (Å²) in [6.07, 6.45) is 0. The number of carbonyl (C=O) groups excluding carboxylic acids is 2. The Morgan fingerprint density at radius 1 is 1.06 bits per heavy atom. The Kier molecular flexibility index (Phi) is 5.86. The van der Waals surface area contributed by atoms with Gasteiger partial charge in [0.25, 0.3) is 5.78 Å². The van der Waals surface area contributed by atoms with E-state index < -0.39 is 17.7 Å². The molecule has 4 aromatic rings. The number of amides is 1. The van der Waals surface area contributed by atoms with Gasteiger partial charge >= 0.3 is 5.91 Å². The highest BCUT2D eigenvalue weighted by Crippen LogP contribution is 2.45. The first-order valence-electron chi connectivity index (χ1n) is 11.4. The standard InChI is InChI=1S/C28H24N2O4S/c1-4-34-20-12-10-18(11-13-20)24-22(25(31)19-8-6-5-7-9-19)26(32)27(33)30(24)28-29-23-17(3)14-16(2)15-21(23)35-28/h5-15,24,31H,4H2,1-3H3/b25-22+/t24-/m0/s1. The Morgan fingerprint density at radius 3 is 2.46 bits per heavy atom. The van der Waals surface area contributed by atoms with Crippen LogP contribution >= 0.6 is 11.3 Å². The van der Waals surface area contributed by atoms with Crippen LogP contribution < -0.4 is 9.64 Å². The molecular weight excluding hydrogens is 460 g/mol. The number of thiazole rings is 1. The number of carbonyl (C=O) groups is 2. The second-order valence-corrected chi connectivity index (χ2v) is 9.47. The molecule has 0 saturated carbocycles. The van der Waals surface area contributed by atoms with Crippen molar-refractivity contribution in [1.29, 1.82) is 0 Å². The largest absolute Gasteiger partial charge is 0.507 e. The molecule has 5 rings (SSSR count). The fourth-order valence-corrected chi connectivity index (χ4v) is 5.64. The lowest BCUT2D eigenvalue weighted by Gasteiger charge is -2.23. The number of aryl methyl sites for hydroxylation is 2. The number of hydrogen-bond donors (Lipinski definition) is 1. The van der Waals surface area contributed by atoms with Crippen molar-refractivity contribution in [3.8, 4) is 5.75 Å². The first-order chi connectivity index (χ1) is 16.9. The van der Waals surface area contributed by atoms with E-state index in [0.29, 0.717) is 28.6 Å². The van der Waals surface area contributed by atoms with Gasteiger partial charge in [0.15, 0.2) is 5.13 Å². The van der Waals surface area contributed by atoms with Crippen LogP contribution in [0.1, 0.15) is 35.2 Å². The zero-order valence-electron chi connectivity index (χ0n) is 19.6. The Labute approximate surface area is 207 Å². The minimum Gasteiger partial charge on any atom is -0.507 e. The van der Waals surface area contributed by atoms with E-state index >= 15 is 0 Å². The molecule has 0 radical (unpaired) electrons. The van der Waals surface area contributed by atoms with Crippen molar-refractivity contribution in [1.82, 2.24) is 4.98 Å². The maximum atomic E-state index is 13.4. The van der Waals surface area contributed by atoms with Crippen molar-refractivity contribution >= 4 is 44.1 Å². The van der Waals surface area contributed by atoms with Crippen LogP contribution in [0, 0.1) is 13.8 Å². The van der Waals surface area contributed by atoms with E-state index in [1.54, 1.807) is 36.4 Å². The SMILES string of the molecule is CCOc1ccc([C@H]2/C(=C(\O)c3ccccc3)C(=O)C(=O)N2c2nc3c(C)cc(C)cc3s2)cc1. The lowest BCUT2D eigenvalue weighted by molar-refractivity contribution is -0.132. The van der Waals surface area contributed by atoms with Gasteiger partial charge in [0.05, 0.1) is 28.4 Å². The van der Waals surface area contributed by atoms with E-state index in [0.717, 1.165) is 21.3 Å². The van der Waals surface area contributed by atoms with Crippen molar-refractivity contribution in [2.24, 2.45) is 0 Å². The first kappa shape index (κ1) is 22.8. The molecule has 176 valence electrons. The average molecular weight is 485 g/mol. The number of ketones is 1. The van der Waals surface area contributed by atoms with Gasteiger partial charge in [-0.3, -0.25) is 14.5 Å². The summed E-state index contributed by atoms with van der Waals surface area (Å²) in [5.41, 5.74) is 4.08. The van der Waals surface area contributed by atoms with Crippen molar-refractivity contribution in [2.75, 3.05) is 11.5 Å². The fraction of sp³-hybridized carbons (Fsp3) is 0.179. The average Bonchev–Trinajstić information content (AvgIpc) is 3.39. The Balaban J connectivity index is 1.71. The van der Waals surface area contributed by atoms with Gasteiger partial charge < -0.3 is 9.84 Å². The monoisotopic (exact) mass is 484 g/mol.